The molecule has 3 unspecified atom stereocenters. The van der Waals surface area contributed by atoms with Gasteiger partial charge in [0.25, 0.3) is 0 Å². The Kier molecular flexibility index (Phi) is 4.01. The predicted octanol–water partition coefficient (Wildman–Crippen LogP) is 4.71. The number of nitrogens with zero attached hydrogens (tertiary/aromatic N) is 1. The summed E-state index contributed by atoms with van der Waals surface area (Å²) in [4.78, 5) is 12.5. The third-order valence-electron chi connectivity index (χ3n) is 6.48. The van der Waals surface area contributed by atoms with Crippen molar-refractivity contribution in [3.8, 4) is 0 Å². The summed E-state index contributed by atoms with van der Waals surface area (Å²) in [6.07, 6.45) is 9.73. The highest BCUT2D eigenvalue weighted by molar-refractivity contribution is 5.90. The Morgan fingerprint density at radius 2 is 2.00 bits per heavy atom. The van der Waals surface area contributed by atoms with Crippen LogP contribution in [0.5, 0.6) is 0 Å². The van der Waals surface area contributed by atoms with Gasteiger partial charge < -0.3 is 9.26 Å². The van der Waals surface area contributed by atoms with Crippen LogP contribution in [-0.4, -0.2) is 16.7 Å². The molecule has 4 heteroatoms. The van der Waals surface area contributed by atoms with Crippen LogP contribution in [-0.2, 0) is 30.4 Å². The number of carbonyl (C=O) groups excluding carboxylic acids is 1. The van der Waals surface area contributed by atoms with Crippen LogP contribution >= 0.6 is 0 Å². The molecule has 0 radical (unpaired) electrons. The summed E-state index contributed by atoms with van der Waals surface area (Å²) in [6.45, 7) is 5.72. The molecule has 0 saturated heterocycles. The first-order valence-corrected chi connectivity index (χ1v) is 10.3. The van der Waals surface area contributed by atoms with Gasteiger partial charge in [0.05, 0.1) is 11.8 Å². The monoisotopic (exact) mass is 377 g/mol. The van der Waals surface area contributed by atoms with Gasteiger partial charge in [0, 0.05) is 12.0 Å². The third kappa shape index (κ3) is 3.19. The number of carbonyl (C=O) groups is 1. The van der Waals surface area contributed by atoms with E-state index in [0.29, 0.717) is 23.3 Å². The van der Waals surface area contributed by atoms with E-state index in [4.69, 9.17) is 9.26 Å². The van der Waals surface area contributed by atoms with Crippen molar-refractivity contribution < 1.29 is 14.1 Å². The first-order valence-electron chi connectivity index (χ1n) is 10.3. The van der Waals surface area contributed by atoms with Gasteiger partial charge >= 0.3 is 5.97 Å². The molecule has 146 valence electrons. The zero-order valence-corrected chi connectivity index (χ0v) is 16.8. The maximum absolute atomic E-state index is 12.5. The average molecular weight is 377 g/mol. The first-order chi connectivity index (χ1) is 13.4. The molecular formula is C24H27NO3. The van der Waals surface area contributed by atoms with Crippen molar-refractivity contribution in [2.75, 3.05) is 0 Å². The van der Waals surface area contributed by atoms with Gasteiger partial charge in [0.1, 0.15) is 11.4 Å². The Bertz CT molecular complexity index is 962. The van der Waals surface area contributed by atoms with E-state index >= 15 is 0 Å². The van der Waals surface area contributed by atoms with E-state index in [0.717, 1.165) is 31.4 Å². The van der Waals surface area contributed by atoms with Crippen LogP contribution < -0.4 is 0 Å². The lowest BCUT2D eigenvalue weighted by molar-refractivity contribution is 0.00694. The molecule has 28 heavy (non-hydrogen) atoms. The molecule has 0 bridgehead atoms. The molecular weight excluding hydrogens is 350 g/mol. The predicted molar refractivity (Wildman–Crippen MR) is 106 cm³/mol. The van der Waals surface area contributed by atoms with Crippen LogP contribution in [0.4, 0.5) is 0 Å². The van der Waals surface area contributed by atoms with E-state index in [1.807, 2.05) is 39.1 Å². The quantitative estimate of drug-likeness (QED) is 0.534. The second-order valence-electron chi connectivity index (χ2n) is 9.65. The van der Waals surface area contributed by atoms with Gasteiger partial charge in [-0.1, -0.05) is 22.9 Å². The lowest BCUT2D eigenvalue weighted by atomic mass is 9.64. The Labute approximate surface area is 165 Å². The van der Waals surface area contributed by atoms with Crippen LogP contribution in [0.2, 0.25) is 0 Å². The minimum absolute atomic E-state index is 0.234. The van der Waals surface area contributed by atoms with Crippen LogP contribution in [0.15, 0.2) is 40.6 Å². The van der Waals surface area contributed by atoms with E-state index in [2.05, 4.69) is 17.3 Å². The molecule has 0 aliphatic heterocycles. The largest absolute Gasteiger partial charge is 0.456 e. The standard InChI is InChI=1S/C24H27NO3/c1-24(2,3)27-23(26)15-5-4-14-6-17-10-20-12-22-21(13-25-28-22)11-19(20)9-18(17)8-16(14)7-15/h4-5,7,9,13,17,19-20H,6,8,10-12H2,1-3H3. The first kappa shape index (κ1) is 17.7. The molecule has 0 saturated carbocycles. The molecule has 2 aromatic rings. The van der Waals surface area contributed by atoms with E-state index in [9.17, 15) is 4.79 Å². The summed E-state index contributed by atoms with van der Waals surface area (Å²) in [6, 6.07) is 6.10. The molecule has 0 N–H and O–H groups in total. The minimum atomic E-state index is -0.471. The number of esters is 1. The number of aromatic nitrogens is 1. The number of rotatable bonds is 1. The SMILES string of the molecule is CC(C)(C)OC(=O)c1ccc2c(c1)CC1=CC3Cc4cnoc4CC3CC1C2. The molecule has 3 atom stereocenters. The van der Waals surface area contributed by atoms with E-state index in [-0.39, 0.29) is 5.97 Å². The van der Waals surface area contributed by atoms with Crippen molar-refractivity contribution in [1.29, 1.82) is 0 Å². The summed E-state index contributed by atoms with van der Waals surface area (Å²) in [5.74, 6) is 2.73. The van der Waals surface area contributed by atoms with Crippen LogP contribution in [0.3, 0.4) is 0 Å². The number of allylic oxidation sites excluding steroid dienone is 2. The number of ether oxygens (including phenoxy) is 1. The van der Waals surface area contributed by atoms with Crippen molar-refractivity contribution in [2.24, 2.45) is 17.8 Å². The van der Waals surface area contributed by atoms with Gasteiger partial charge in [-0.25, -0.2) is 4.79 Å². The molecule has 0 fully saturated rings. The zero-order chi connectivity index (χ0) is 19.5. The third-order valence-corrected chi connectivity index (χ3v) is 6.48. The summed E-state index contributed by atoms with van der Waals surface area (Å²) in [7, 11) is 0. The number of benzene rings is 1. The Balaban J connectivity index is 1.39. The maximum atomic E-state index is 12.5. The summed E-state index contributed by atoms with van der Waals surface area (Å²) in [5.41, 5.74) is 5.68. The number of fused-ring (bicyclic) bond motifs is 4. The van der Waals surface area contributed by atoms with Gasteiger partial charge in [-0.05, 0) is 87.5 Å². The molecule has 3 aliphatic rings. The van der Waals surface area contributed by atoms with Crippen LogP contribution in [0, 0.1) is 17.8 Å². The molecule has 1 aromatic carbocycles. The maximum Gasteiger partial charge on any atom is 0.338 e. The summed E-state index contributed by atoms with van der Waals surface area (Å²) in [5, 5.41) is 4.00. The van der Waals surface area contributed by atoms with Gasteiger partial charge in [0.15, 0.2) is 0 Å². The lowest BCUT2D eigenvalue weighted by Gasteiger charge is -2.40. The van der Waals surface area contributed by atoms with Crippen molar-refractivity contribution in [1.82, 2.24) is 5.16 Å². The smallest absolute Gasteiger partial charge is 0.338 e. The van der Waals surface area contributed by atoms with E-state index in [1.54, 1.807) is 5.57 Å². The molecule has 0 spiro atoms. The van der Waals surface area contributed by atoms with Crippen molar-refractivity contribution in [3.05, 3.63) is 64.1 Å². The summed E-state index contributed by atoms with van der Waals surface area (Å²) >= 11 is 0. The highest BCUT2D eigenvalue weighted by atomic mass is 16.6. The zero-order valence-electron chi connectivity index (χ0n) is 16.8. The fraction of sp³-hybridized carbons (Fsp3) is 0.500. The number of hydrogen-bond acceptors (Lipinski definition) is 4. The normalized spacial score (nSPS) is 25.7. The van der Waals surface area contributed by atoms with Gasteiger partial charge in [-0.15, -0.1) is 0 Å². The second kappa shape index (κ2) is 6.33. The van der Waals surface area contributed by atoms with Crippen molar-refractivity contribution in [2.45, 2.75) is 58.5 Å². The molecule has 5 rings (SSSR count). The summed E-state index contributed by atoms with van der Waals surface area (Å²) < 4.78 is 11.0. The van der Waals surface area contributed by atoms with Gasteiger partial charge in [-0.2, -0.15) is 0 Å². The fourth-order valence-electron chi connectivity index (χ4n) is 5.17. The Morgan fingerprint density at radius 3 is 2.82 bits per heavy atom. The van der Waals surface area contributed by atoms with Crippen LogP contribution in [0.25, 0.3) is 0 Å². The van der Waals surface area contributed by atoms with Crippen LogP contribution in [0.1, 0.15) is 60.0 Å². The van der Waals surface area contributed by atoms with Crippen molar-refractivity contribution in [3.63, 3.8) is 0 Å². The molecule has 4 nitrogen and oxygen atoms in total. The number of hydrogen-bond donors (Lipinski definition) is 0. The Hall–Kier alpha value is -2.36. The molecule has 1 aromatic heterocycles. The van der Waals surface area contributed by atoms with E-state index < -0.39 is 5.60 Å². The minimum Gasteiger partial charge on any atom is -0.456 e. The topological polar surface area (TPSA) is 52.3 Å². The highest BCUT2D eigenvalue weighted by Gasteiger charge is 2.38. The molecule has 0 amide bonds. The Morgan fingerprint density at radius 1 is 1.14 bits per heavy atom. The van der Waals surface area contributed by atoms with Gasteiger partial charge in [0.2, 0.25) is 0 Å². The second-order valence-corrected chi connectivity index (χ2v) is 9.65. The van der Waals surface area contributed by atoms with Crippen molar-refractivity contribution >= 4 is 5.97 Å². The van der Waals surface area contributed by atoms with Gasteiger partial charge in [-0.3, -0.25) is 0 Å². The highest BCUT2D eigenvalue weighted by Crippen LogP contribution is 2.45. The molecule has 3 aliphatic carbocycles. The average Bonchev–Trinajstić information content (AvgIpc) is 3.08. The lowest BCUT2D eigenvalue weighted by Crippen LogP contribution is -2.33. The fourth-order valence-corrected chi connectivity index (χ4v) is 5.17. The molecule has 1 heterocycles. The van der Waals surface area contributed by atoms with E-state index in [1.165, 1.54) is 23.1 Å².